The summed E-state index contributed by atoms with van der Waals surface area (Å²) in [7, 11) is 0. The van der Waals surface area contributed by atoms with Crippen LogP contribution in [0.1, 0.15) is 31.5 Å². The first kappa shape index (κ1) is 22.0. The number of rotatable bonds is 7. The summed E-state index contributed by atoms with van der Waals surface area (Å²) in [4.78, 5) is 31.5. The molecule has 166 valence electrons. The van der Waals surface area contributed by atoms with E-state index in [0.717, 1.165) is 40.4 Å². The van der Waals surface area contributed by atoms with Crippen LogP contribution in [0.5, 0.6) is 5.75 Å². The molecule has 6 nitrogen and oxygen atoms in total. The maximum absolute atomic E-state index is 12.8. The number of benzene rings is 2. The number of anilines is 1. The smallest absolute Gasteiger partial charge is 0.312 e. The Balaban J connectivity index is 1.37. The number of aromatic nitrogens is 1. The van der Waals surface area contributed by atoms with Crippen LogP contribution < -0.4 is 9.64 Å². The lowest BCUT2D eigenvalue weighted by Crippen LogP contribution is -2.44. The Morgan fingerprint density at radius 1 is 1.16 bits per heavy atom. The van der Waals surface area contributed by atoms with Crippen molar-refractivity contribution in [2.24, 2.45) is 0 Å². The third-order valence-corrected chi connectivity index (χ3v) is 6.37. The van der Waals surface area contributed by atoms with Gasteiger partial charge in [-0.15, -0.1) is 11.3 Å². The number of carbonyl (C=O) groups is 2. The number of carbonyl (C=O) groups excluding carboxylic acids is 2. The minimum Gasteiger partial charge on any atom is -0.493 e. The summed E-state index contributed by atoms with van der Waals surface area (Å²) in [5.74, 6) is 0.0915. The van der Waals surface area contributed by atoms with Crippen LogP contribution >= 0.6 is 11.3 Å². The van der Waals surface area contributed by atoms with Gasteiger partial charge in [-0.2, -0.15) is 0 Å². The minimum atomic E-state index is -0.466. The number of thiazole rings is 1. The maximum atomic E-state index is 12.8. The number of amides is 1. The Hall–Kier alpha value is -3.19. The SMILES string of the molecule is CCOc1ccccc1-c1nc(CC(=O)OCC(=O)N2c3ccccc3CCC2C)cs1. The van der Waals surface area contributed by atoms with Crippen LogP contribution in [-0.4, -0.2) is 36.1 Å². The summed E-state index contributed by atoms with van der Waals surface area (Å²) >= 11 is 1.45. The van der Waals surface area contributed by atoms with Crippen molar-refractivity contribution in [2.75, 3.05) is 18.1 Å². The molecular weight excluding hydrogens is 424 g/mol. The highest BCUT2D eigenvalue weighted by Gasteiger charge is 2.28. The molecule has 1 amide bonds. The third-order valence-electron chi connectivity index (χ3n) is 5.44. The molecule has 0 bridgehead atoms. The summed E-state index contributed by atoms with van der Waals surface area (Å²) in [6, 6.07) is 15.7. The van der Waals surface area contributed by atoms with Crippen LogP contribution in [-0.2, 0) is 27.2 Å². The molecule has 1 atom stereocenters. The zero-order valence-electron chi connectivity index (χ0n) is 18.2. The van der Waals surface area contributed by atoms with Gasteiger partial charge in [-0.1, -0.05) is 30.3 Å². The zero-order chi connectivity index (χ0) is 22.5. The average molecular weight is 451 g/mol. The molecule has 0 saturated heterocycles. The summed E-state index contributed by atoms with van der Waals surface area (Å²) in [5, 5.41) is 2.62. The van der Waals surface area contributed by atoms with E-state index in [4.69, 9.17) is 9.47 Å². The van der Waals surface area contributed by atoms with Crippen LogP contribution in [0.3, 0.4) is 0 Å². The summed E-state index contributed by atoms with van der Waals surface area (Å²) < 4.78 is 11.0. The fourth-order valence-electron chi connectivity index (χ4n) is 3.92. The Morgan fingerprint density at radius 3 is 2.78 bits per heavy atom. The number of aryl methyl sites for hydroxylation is 1. The molecule has 3 aromatic rings. The molecule has 1 aliphatic heterocycles. The number of ether oxygens (including phenoxy) is 2. The standard InChI is InChI=1S/C25H26N2O4S/c1-3-30-22-11-7-5-9-20(22)25-26-19(16-32-25)14-24(29)31-15-23(28)27-17(2)12-13-18-8-4-6-10-21(18)27/h4-11,16-17H,3,12-15H2,1-2H3. The molecule has 1 unspecified atom stereocenters. The van der Waals surface area contributed by atoms with Gasteiger partial charge in [0.15, 0.2) is 6.61 Å². The monoisotopic (exact) mass is 450 g/mol. The Bertz CT molecular complexity index is 1110. The van der Waals surface area contributed by atoms with Gasteiger partial charge in [0.25, 0.3) is 5.91 Å². The highest BCUT2D eigenvalue weighted by atomic mass is 32.1. The lowest BCUT2D eigenvalue weighted by Gasteiger charge is -2.35. The quantitative estimate of drug-likeness (QED) is 0.490. The highest BCUT2D eigenvalue weighted by Crippen LogP contribution is 2.33. The molecule has 1 aromatic heterocycles. The van der Waals surface area contributed by atoms with Crippen LogP contribution in [0, 0.1) is 0 Å². The Kier molecular flexibility index (Phi) is 6.85. The normalized spacial score (nSPS) is 15.2. The predicted octanol–water partition coefficient (Wildman–Crippen LogP) is 4.66. The molecule has 1 aliphatic rings. The molecule has 0 spiro atoms. The van der Waals surface area contributed by atoms with Crippen molar-refractivity contribution in [1.82, 2.24) is 4.98 Å². The largest absolute Gasteiger partial charge is 0.493 e. The van der Waals surface area contributed by atoms with Gasteiger partial charge in [-0.3, -0.25) is 9.59 Å². The second-order valence-electron chi connectivity index (χ2n) is 7.69. The third kappa shape index (κ3) is 4.83. The van der Waals surface area contributed by atoms with Gasteiger partial charge >= 0.3 is 5.97 Å². The second-order valence-corrected chi connectivity index (χ2v) is 8.55. The van der Waals surface area contributed by atoms with Crippen molar-refractivity contribution >= 4 is 28.9 Å². The first-order chi connectivity index (χ1) is 15.6. The number of esters is 1. The van der Waals surface area contributed by atoms with Gasteiger partial charge in [0.2, 0.25) is 0 Å². The molecule has 0 saturated carbocycles. The molecule has 0 aliphatic carbocycles. The van der Waals surface area contributed by atoms with Gasteiger partial charge in [-0.05, 0) is 50.5 Å². The molecule has 4 rings (SSSR count). The number of para-hydroxylation sites is 2. The van der Waals surface area contributed by atoms with Crippen molar-refractivity contribution in [3.05, 3.63) is 65.2 Å². The van der Waals surface area contributed by atoms with Gasteiger partial charge in [0, 0.05) is 17.1 Å². The zero-order valence-corrected chi connectivity index (χ0v) is 19.1. The molecular formula is C25H26N2O4S. The molecule has 2 heterocycles. The van der Waals surface area contributed by atoms with E-state index in [1.165, 1.54) is 11.3 Å². The van der Waals surface area contributed by atoms with E-state index in [2.05, 4.69) is 4.98 Å². The van der Waals surface area contributed by atoms with E-state index >= 15 is 0 Å². The van der Waals surface area contributed by atoms with E-state index < -0.39 is 5.97 Å². The molecule has 2 aromatic carbocycles. The Morgan fingerprint density at radius 2 is 1.94 bits per heavy atom. The molecule has 0 fully saturated rings. The van der Waals surface area contributed by atoms with Gasteiger partial charge < -0.3 is 14.4 Å². The van der Waals surface area contributed by atoms with Crippen molar-refractivity contribution < 1.29 is 19.1 Å². The van der Waals surface area contributed by atoms with Gasteiger partial charge in [-0.25, -0.2) is 4.98 Å². The fourth-order valence-corrected chi connectivity index (χ4v) is 4.76. The first-order valence-electron chi connectivity index (χ1n) is 10.8. The van der Waals surface area contributed by atoms with E-state index in [1.54, 1.807) is 4.90 Å². The molecule has 0 N–H and O–H groups in total. The first-order valence-corrected chi connectivity index (χ1v) is 11.7. The minimum absolute atomic E-state index is 0.0206. The number of hydrogen-bond donors (Lipinski definition) is 0. The lowest BCUT2D eigenvalue weighted by atomic mass is 9.96. The van der Waals surface area contributed by atoms with Crippen LogP contribution in [0.2, 0.25) is 0 Å². The van der Waals surface area contributed by atoms with E-state index in [1.807, 2.05) is 67.8 Å². The van der Waals surface area contributed by atoms with E-state index in [9.17, 15) is 9.59 Å². The van der Waals surface area contributed by atoms with E-state index in [0.29, 0.717) is 12.3 Å². The summed E-state index contributed by atoms with van der Waals surface area (Å²) in [5.41, 5.74) is 3.56. The lowest BCUT2D eigenvalue weighted by molar-refractivity contribution is -0.147. The van der Waals surface area contributed by atoms with Crippen molar-refractivity contribution in [3.63, 3.8) is 0 Å². The van der Waals surface area contributed by atoms with Crippen LogP contribution in [0.25, 0.3) is 10.6 Å². The second kappa shape index (κ2) is 9.96. The number of hydrogen-bond acceptors (Lipinski definition) is 6. The van der Waals surface area contributed by atoms with E-state index in [-0.39, 0.29) is 25.0 Å². The topological polar surface area (TPSA) is 68.7 Å². The Labute approximate surface area is 191 Å². The predicted molar refractivity (Wildman–Crippen MR) is 125 cm³/mol. The molecule has 0 radical (unpaired) electrons. The van der Waals surface area contributed by atoms with Gasteiger partial charge in [0.05, 0.1) is 24.3 Å². The van der Waals surface area contributed by atoms with Crippen molar-refractivity contribution in [2.45, 2.75) is 39.2 Å². The fraction of sp³-hybridized carbons (Fsp3) is 0.320. The van der Waals surface area contributed by atoms with Gasteiger partial charge in [0.1, 0.15) is 10.8 Å². The molecule has 32 heavy (non-hydrogen) atoms. The highest BCUT2D eigenvalue weighted by molar-refractivity contribution is 7.13. The summed E-state index contributed by atoms with van der Waals surface area (Å²) in [6.07, 6.45) is 1.85. The summed E-state index contributed by atoms with van der Waals surface area (Å²) in [6.45, 7) is 4.24. The maximum Gasteiger partial charge on any atom is 0.312 e. The van der Waals surface area contributed by atoms with Crippen molar-refractivity contribution in [1.29, 1.82) is 0 Å². The molecule has 7 heteroatoms. The van der Waals surface area contributed by atoms with Crippen LogP contribution in [0.15, 0.2) is 53.9 Å². The number of fused-ring (bicyclic) bond motifs is 1. The average Bonchev–Trinajstić information content (AvgIpc) is 3.26. The van der Waals surface area contributed by atoms with Crippen LogP contribution in [0.4, 0.5) is 5.69 Å². The number of nitrogens with zero attached hydrogens (tertiary/aromatic N) is 2. The van der Waals surface area contributed by atoms with Crippen molar-refractivity contribution in [3.8, 4) is 16.3 Å².